The Bertz CT molecular complexity index is 290. The van der Waals surface area contributed by atoms with Gasteiger partial charge in [0.2, 0.25) is 0 Å². The van der Waals surface area contributed by atoms with Crippen LogP contribution in [-0.4, -0.2) is 6.04 Å². The lowest BCUT2D eigenvalue weighted by atomic mass is 9.81. The fourth-order valence-corrected chi connectivity index (χ4v) is 2.83. The summed E-state index contributed by atoms with van der Waals surface area (Å²) in [4.78, 5) is 0. The molecule has 1 heteroatoms. The number of hydrogen-bond donors (Lipinski definition) is 1. The van der Waals surface area contributed by atoms with Crippen LogP contribution in [0.25, 0.3) is 0 Å². The second kappa shape index (κ2) is 8.31. The molecule has 0 bridgehead atoms. The Hall–Kier alpha value is -0.820. The van der Waals surface area contributed by atoms with Crippen molar-refractivity contribution < 1.29 is 0 Å². The second-order valence-electron chi connectivity index (χ2n) is 4.71. The summed E-state index contributed by atoms with van der Waals surface area (Å²) in [5.41, 5.74) is 7.66. The molecule has 0 aromatic carbocycles. The minimum atomic E-state index is 0.426. The van der Waals surface area contributed by atoms with Gasteiger partial charge in [-0.3, -0.25) is 0 Å². The predicted molar refractivity (Wildman–Crippen MR) is 83.5 cm³/mol. The maximum atomic E-state index is 5.95. The van der Waals surface area contributed by atoms with Crippen LogP contribution < -0.4 is 5.73 Å². The van der Waals surface area contributed by atoms with Crippen LogP contribution in [0.3, 0.4) is 0 Å². The van der Waals surface area contributed by atoms with Gasteiger partial charge in [0.05, 0.1) is 0 Å². The summed E-state index contributed by atoms with van der Waals surface area (Å²) in [5.74, 6) is 0.813. The molecule has 0 aromatic rings. The van der Waals surface area contributed by atoms with Crippen molar-refractivity contribution in [1.82, 2.24) is 0 Å². The Kier molecular flexibility index (Phi) is 7.93. The van der Waals surface area contributed by atoms with E-state index in [0.717, 1.165) is 12.3 Å². The number of rotatable bonds is 3. The summed E-state index contributed by atoms with van der Waals surface area (Å²) in [6, 6.07) is 0.437. The largest absolute Gasteiger partial charge is 0.328 e. The van der Waals surface area contributed by atoms with E-state index in [9.17, 15) is 0 Å². The minimum Gasteiger partial charge on any atom is -0.328 e. The fourth-order valence-electron chi connectivity index (χ4n) is 2.83. The third-order valence-electron chi connectivity index (χ3n) is 3.85. The van der Waals surface area contributed by atoms with E-state index in [-0.39, 0.29) is 0 Å². The monoisotopic (exact) mass is 249 g/mol. The van der Waals surface area contributed by atoms with Gasteiger partial charge in [0, 0.05) is 6.04 Å². The van der Waals surface area contributed by atoms with Gasteiger partial charge in [-0.15, -0.1) is 0 Å². The summed E-state index contributed by atoms with van der Waals surface area (Å²) in [7, 11) is 0. The lowest BCUT2D eigenvalue weighted by Gasteiger charge is -2.26. The highest BCUT2D eigenvalue weighted by atomic mass is 14.7. The predicted octanol–water partition coefficient (Wildman–Crippen LogP) is 4.85. The smallest absolute Gasteiger partial charge is 0.00421 e. The Morgan fingerprint density at radius 1 is 1.28 bits per heavy atom. The van der Waals surface area contributed by atoms with Gasteiger partial charge in [0.25, 0.3) is 0 Å². The summed E-state index contributed by atoms with van der Waals surface area (Å²) < 4.78 is 0. The van der Waals surface area contributed by atoms with Crippen molar-refractivity contribution in [3.05, 3.63) is 37.0 Å². The molecule has 0 saturated heterocycles. The Morgan fingerprint density at radius 2 is 1.89 bits per heavy atom. The SMILES string of the molecule is C=C/C=C\C(=C)C12CCC(N)CC1C2.CC.CC. The van der Waals surface area contributed by atoms with Crippen molar-refractivity contribution in [2.24, 2.45) is 17.1 Å². The lowest BCUT2D eigenvalue weighted by molar-refractivity contribution is 0.354. The lowest BCUT2D eigenvalue weighted by Crippen LogP contribution is -2.28. The number of allylic oxidation sites excluding steroid dienone is 4. The maximum Gasteiger partial charge on any atom is 0.00421 e. The van der Waals surface area contributed by atoms with E-state index < -0.39 is 0 Å². The van der Waals surface area contributed by atoms with Gasteiger partial charge in [0.1, 0.15) is 0 Å². The third kappa shape index (κ3) is 3.84. The molecule has 2 aliphatic rings. The van der Waals surface area contributed by atoms with Gasteiger partial charge in [0.15, 0.2) is 0 Å². The zero-order valence-corrected chi connectivity index (χ0v) is 12.7. The number of hydrogen-bond acceptors (Lipinski definition) is 1. The van der Waals surface area contributed by atoms with Crippen LogP contribution in [0.2, 0.25) is 0 Å². The minimum absolute atomic E-state index is 0.426. The molecule has 104 valence electrons. The summed E-state index contributed by atoms with van der Waals surface area (Å²) in [6.07, 6.45) is 10.8. The van der Waals surface area contributed by atoms with Crippen molar-refractivity contribution in [2.45, 2.75) is 59.4 Å². The van der Waals surface area contributed by atoms with Gasteiger partial charge in [-0.05, 0) is 42.6 Å². The van der Waals surface area contributed by atoms with Crippen LogP contribution in [0.1, 0.15) is 53.4 Å². The molecule has 1 nitrogen and oxygen atoms in total. The quantitative estimate of drug-likeness (QED) is 0.711. The topological polar surface area (TPSA) is 26.0 Å². The van der Waals surface area contributed by atoms with E-state index in [0.29, 0.717) is 11.5 Å². The van der Waals surface area contributed by atoms with E-state index in [4.69, 9.17) is 5.73 Å². The Morgan fingerprint density at radius 3 is 2.39 bits per heavy atom. The molecule has 2 fully saturated rings. The van der Waals surface area contributed by atoms with E-state index >= 15 is 0 Å². The molecular weight excluding hydrogens is 218 g/mol. The molecule has 0 spiro atoms. The van der Waals surface area contributed by atoms with Crippen molar-refractivity contribution in [3.8, 4) is 0 Å². The van der Waals surface area contributed by atoms with E-state index in [1.165, 1.54) is 24.8 Å². The van der Waals surface area contributed by atoms with Gasteiger partial charge in [-0.1, -0.05) is 59.1 Å². The molecule has 0 amide bonds. The third-order valence-corrected chi connectivity index (χ3v) is 3.85. The van der Waals surface area contributed by atoms with Gasteiger partial charge < -0.3 is 5.73 Å². The highest BCUT2D eigenvalue weighted by Gasteiger charge is 2.56. The first-order chi connectivity index (χ1) is 8.69. The summed E-state index contributed by atoms with van der Waals surface area (Å²) in [6.45, 7) is 15.9. The van der Waals surface area contributed by atoms with Crippen LogP contribution in [0.4, 0.5) is 0 Å². The molecule has 2 N–H and O–H groups in total. The molecule has 0 aromatic heterocycles. The molecule has 0 heterocycles. The second-order valence-corrected chi connectivity index (χ2v) is 4.71. The number of nitrogens with two attached hydrogens (primary N) is 1. The van der Waals surface area contributed by atoms with Crippen LogP contribution in [0, 0.1) is 11.3 Å². The zero-order valence-electron chi connectivity index (χ0n) is 12.7. The molecule has 2 aliphatic carbocycles. The standard InChI is InChI=1S/C13H19N.2C2H6/c1-3-4-5-10(2)13-7-6-12(14)8-11(13)9-13;2*1-2/h3-5,11-12H,1-2,6-9,14H2;2*1-2H3/b5-4-;;. The first kappa shape index (κ1) is 17.2. The molecule has 0 aliphatic heterocycles. The number of fused-ring (bicyclic) bond motifs is 1. The summed E-state index contributed by atoms with van der Waals surface area (Å²) >= 11 is 0. The zero-order chi connectivity index (χ0) is 14.2. The molecule has 2 saturated carbocycles. The van der Waals surface area contributed by atoms with Crippen LogP contribution in [0.5, 0.6) is 0 Å². The maximum absolute atomic E-state index is 5.95. The molecule has 2 rings (SSSR count). The highest BCUT2D eigenvalue weighted by Crippen LogP contribution is 2.65. The Balaban J connectivity index is 0.000000659. The first-order valence-corrected chi connectivity index (χ1v) is 7.43. The van der Waals surface area contributed by atoms with Crippen LogP contribution in [0.15, 0.2) is 37.0 Å². The van der Waals surface area contributed by atoms with Gasteiger partial charge in [-0.2, -0.15) is 0 Å². The Labute approximate surface area is 114 Å². The van der Waals surface area contributed by atoms with Crippen molar-refractivity contribution >= 4 is 0 Å². The molecular formula is C17H31N. The van der Waals surface area contributed by atoms with E-state index in [1.54, 1.807) is 0 Å². The van der Waals surface area contributed by atoms with Crippen LogP contribution >= 0.6 is 0 Å². The van der Waals surface area contributed by atoms with Gasteiger partial charge >= 0.3 is 0 Å². The van der Waals surface area contributed by atoms with Crippen molar-refractivity contribution in [2.75, 3.05) is 0 Å². The fraction of sp³-hybridized carbons (Fsp3) is 0.647. The average Bonchev–Trinajstić information content (AvgIpc) is 3.15. The average molecular weight is 249 g/mol. The summed E-state index contributed by atoms with van der Waals surface area (Å²) in [5, 5.41) is 0. The molecule has 18 heavy (non-hydrogen) atoms. The molecule has 3 unspecified atom stereocenters. The molecule has 0 radical (unpaired) electrons. The molecule has 3 atom stereocenters. The van der Waals surface area contributed by atoms with E-state index in [1.807, 2.05) is 39.8 Å². The highest BCUT2D eigenvalue weighted by molar-refractivity contribution is 5.34. The van der Waals surface area contributed by atoms with Gasteiger partial charge in [-0.25, -0.2) is 0 Å². The first-order valence-electron chi connectivity index (χ1n) is 7.43. The van der Waals surface area contributed by atoms with Crippen molar-refractivity contribution in [1.29, 1.82) is 0 Å². The normalized spacial score (nSPS) is 32.3. The van der Waals surface area contributed by atoms with Crippen LogP contribution in [-0.2, 0) is 0 Å². The van der Waals surface area contributed by atoms with Crippen molar-refractivity contribution in [3.63, 3.8) is 0 Å². The van der Waals surface area contributed by atoms with E-state index in [2.05, 4.69) is 19.2 Å².